The highest BCUT2D eigenvalue weighted by atomic mass is 16.5. The van der Waals surface area contributed by atoms with E-state index in [0.29, 0.717) is 6.61 Å². The number of esters is 1. The molecule has 0 aromatic rings. The molecule has 4 nitrogen and oxygen atoms in total. The zero-order valence-electron chi connectivity index (χ0n) is 10.7. The van der Waals surface area contributed by atoms with E-state index in [1.807, 2.05) is 21.0 Å². The van der Waals surface area contributed by atoms with Crippen molar-refractivity contribution in [3.63, 3.8) is 0 Å². The number of hydrogen-bond donors (Lipinski definition) is 1. The number of hydrogen-bond acceptors (Lipinski definition) is 4. The van der Waals surface area contributed by atoms with Gasteiger partial charge in [0.25, 0.3) is 0 Å². The first kappa shape index (κ1) is 13.5. The molecule has 0 radical (unpaired) electrons. The molecule has 94 valence electrons. The Hall–Kier alpha value is -0.610. The van der Waals surface area contributed by atoms with Crippen LogP contribution in [0.2, 0.25) is 0 Å². The molecule has 1 atom stereocenters. The molecule has 4 heteroatoms. The third kappa shape index (κ3) is 2.55. The van der Waals surface area contributed by atoms with Crippen molar-refractivity contribution >= 4 is 5.97 Å². The zero-order chi connectivity index (χ0) is 12.2. The molecule has 0 aromatic carbocycles. The molecule has 1 aliphatic carbocycles. The van der Waals surface area contributed by atoms with Crippen LogP contribution in [-0.2, 0) is 9.53 Å². The van der Waals surface area contributed by atoms with Gasteiger partial charge in [0.05, 0.1) is 6.61 Å². The van der Waals surface area contributed by atoms with Crippen LogP contribution in [0, 0.1) is 0 Å². The molecule has 0 aliphatic heterocycles. The molecule has 1 unspecified atom stereocenters. The molecular formula is C12H24N2O2. The van der Waals surface area contributed by atoms with Crippen LogP contribution in [0.3, 0.4) is 0 Å². The van der Waals surface area contributed by atoms with E-state index in [9.17, 15) is 4.79 Å². The van der Waals surface area contributed by atoms with Crippen molar-refractivity contribution in [2.45, 2.75) is 50.6 Å². The van der Waals surface area contributed by atoms with Gasteiger partial charge >= 0.3 is 5.97 Å². The van der Waals surface area contributed by atoms with E-state index >= 15 is 0 Å². The largest absolute Gasteiger partial charge is 0.465 e. The lowest BCUT2D eigenvalue weighted by Gasteiger charge is -2.45. The summed E-state index contributed by atoms with van der Waals surface area (Å²) in [5.74, 6) is -0.266. The SMILES string of the molecule is CCOC(=O)C(N)C1(N(C)C)CCCCC1. The molecule has 1 saturated carbocycles. The first-order valence-electron chi connectivity index (χ1n) is 6.14. The maximum absolute atomic E-state index is 11.8. The Morgan fingerprint density at radius 1 is 1.38 bits per heavy atom. The molecule has 1 aliphatic rings. The van der Waals surface area contributed by atoms with Crippen molar-refractivity contribution in [3.8, 4) is 0 Å². The molecule has 1 rings (SSSR count). The van der Waals surface area contributed by atoms with E-state index in [-0.39, 0.29) is 11.5 Å². The lowest BCUT2D eigenvalue weighted by atomic mass is 9.75. The van der Waals surface area contributed by atoms with Crippen molar-refractivity contribution in [2.75, 3.05) is 20.7 Å². The summed E-state index contributed by atoms with van der Waals surface area (Å²) in [7, 11) is 4.01. The van der Waals surface area contributed by atoms with Crippen LogP contribution in [0.25, 0.3) is 0 Å². The molecule has 0 spiro atoms. The molecule has 0 saturated heterocycles. The molecular weight excluding hydrogens is 204 g/mol. The Bertz CT molecular complexity index is 235. The van der Waals surface area contributed by atoms with Gasteiger partial charge in [-0.15, -0.1) is 0 Å². The van der Waals surface area contributed by atoms with Gasteiger partial charge in [0.15, 0.2) is 0 Å². The van der Waals surface area contributed by atoms with Gasteiger partial charge in [-0.3, -0.25) is 4.79 Å². The second-order valence-electron chi connectivity index (χ2n) is 4.79. The van der Waals surface area contributed by atoms with Gasteiger partial charge in [0.1, 0.15) is 6.04 Å². The smallest absolute Gasteiger partial charge is 0.324 e. The summed E-state index contributed by atoms with van der Waals surface area (Å²) >= 11 is 0. The summed E-state index contributed by atoms with van der Waals surface area (Å²) in [6.45, 7) is 2.21. The monoisotopic (exact) mass is 228 g/mol. The summed E-state index contributed by atoms with van der Waals surface area (Å²) in [6, 6.07) is -0.525. The number of nitrogens with two attached hydrogens (primary N) is 1. The fourth-order valence-electron chi connectivity index (χ4n) is 2.65. The first-order valence-corrected chi connectivity index (χ1v) is 6.14. The van der Waals surface area contributed by atoms with Crippen LogP contribution < -0.4 is 5.73 Å². The lowest BCUT2D eigenvalue weighted by molar-refractivity contribution is -0.149. The second kappa shape index (κ2) is 5.64. The highest BCUT2D eigenvalue weighted by molar-refractivity contribution is 5.77. The average molecular weight is 228 g/mol. The minimum atomic E-state index is -0.525. The van der Waals surface area contributed by atoms with Crippen molar-refractivity contribution < 1.29 is 9.53 Å². The van der Waals surface area contributed by atoms with Crippen molar-refractivity contribution in [2.24, 2.45) is 5.73 Å². The topological polar surface area (TPSA) is 55.6 Å². The molecule has 0 heterocycles. The third-order valence-corrected chi connectivity index (χ3v) is 3.73. The fraction of sp³-hybridized carbons (Fsp3) is 0.917. The fourth-order valence-corrected chi connectivity index (χ4v) is 2.65. The number of ether oxygens (including phenoxy) is 1. The summed E-state index contributed by atoms with van der Waals surface area (Å²) < 4.78 is 5.04. The van der Waals surface area contributed by atoms with Gasteiger partial charge < -0.3 is 15.4 Å². The van der Waals surface area contributed by atoms with Gasteiger partial charge in [-0.25, -0.2) is 0 Å². The zero-order valence-corrected chi connectivity index (χ0v) is 10.7. The number of nitrogens with zero attached hydrogens (tertiary/aromatic N) is 1. The second-order valence-corrected chi connectivity index (χ2v) is 4.79. The Balaban J connectivity index is 2.79. The van der Waals surface area contributed by atoms with Crippen molar-refractivity contribution in [1.29, 1.82) is 0 Å². The van der Waals surface area contributed by atoms with Gasteiger partial charge in [-0.2, -0.15) is 0 Å². The molecule has 0 amide bonds. The van der Waals surface area contributed by atoms with Crippen molar-refractivity contribution in [1.82, 2.24) is 4.90 Å². The van der Waals surface area contributed by atoms with Crippen LogP contribution in [-0.4, -0.2) is 43.2 Å². The maximum atomic E-state index is 11.8. The summed E-state index contributed by atoms with van der Waals surface area (Å²) in [4.78, 5) is 13.9. The minimum Gasteiger partial charge on any atom is -0.465 e. The highest BCUT2D eigenvalue weighted by Crippen LogP contribution is 2.34. The van der Waals surface area contributed by atoms with Gasteiger partial charge in [-0.05, 0) is 33.9 Å². The molecule has 2 N–H and O–H groups in total. The van der Waals surface area contributed by atoms with Crippen LogP contribution in [0.15, 0.2) is 0 Å². The van der Waals surface area contributed by atoms with Gasteiger partial charge in [-0.1, -0.05) is 19.3 Å². The van der Waals surface area contributed by atoms with Gasteiger partial charge in [0, 0.05) is 5.54 Å². The number of carbonyl (C=O) groups is 1. The van der Waals surface area contributed by atoms with E-state index in [1.165, 1.54) is 6.42 Å². The van der Waals surface area contributed by atoms with Crippen LogP contribution in [0.1, 0.15) is 39.0 Å². The molecule has 0 bridgehead atoms. The number of rotatable bonds is 4. The van der Waals surface area contributed by atoms with Gasteiger partial charge in [0.2, 0.25) is 0 Å². The quantitative estimate of drug-likeness (QED) is 0.733. The Labute approximate surface area is 98.1 Å². The molecule has 0 aromatic heterocycles. The van der Waals surface area contributed by atoms with Crippen molar-refractivity contribution in [3.05, 3.63) is 0 Å². The third-order valence-electron chi connectivity index (χ3n) is 3.73. The van der Waals surface area contributed by atoms with E-state index in [1.54, 1.807) is 0 Å². The summed E-state index contributed by atoms with van der Waals surface area (Å²) in [6.07, 6.45) is 5.50. The number of likely N-dealkylation sites (N-methyl/N-ethyl adjacent to an activating group) is 1. The number of carbonyl (C=O) groups excluding carboxylic acids is 1. The van der Waals surface area contributed by atoms with Crippen LogP contribution >= 0.6 is 0 Å². The summed E-state index contributed by atoms with van der Waals surface area (Å²) in [5.41, 5.74) is 5.89. The Morgan fingerprint density at radius 3 is 2.38 bits per heavy atom. The normalized spacial score (nSPS) is 21.8. The van der Waals surface area contributed by atoms with E-state index < -0.39 is 6.04 Å². The minimum absolute atomic E-state index is 0.204. The molecule has 1 fully saturated rings. The van der Waals surface area contributed by atoms with E-state index in [4.69, 9.17) is 10.5 Å². The molecule has 16 heavy (non-hydrogen) atoms. The first-order chi connectivity index (χ1) is 7.54. The predicted octanol–water partition coefficient (Wildman–Crippen LogP) is 1.14. The van der Waals surface area contributed by atoms with Crippen LogP contribution in [0.4, 0.5) is 0 Å². The standard InChI is InChI=1S/C12H24N2O2/c1-4-16-11(15)10(13)12(14(2)3)8-6-5-7-9-12/h10H,4-9,13H2,1-3H3. The average Bonchev–Trinajstić information content (AvgIpc) is 2.29. The summed E-state index contributed by atoms with van der Waals surface area (Å²) in [5, 5.41) is 0. The Morgan fingerprint density at radius 2 is 1.94 bits per heavy atom. The maximum Gasteiger partial charge on any atom is 0.324 e. The predicted molar refractivity (Wildman–Crippen MR) is 64.1 cm³/mol. The van der Waals surface area contributed by atoms with Crippen LogP contribution in [0.5, 0.6) is 0 Å². The lowest BCUT2D eigenvalue weighted by Crippen LogP contribution is -2.61. The van der Waals surface area contributed by atoms with E-state index in [2.05, 4.69) is 4.90 Å². The highest BCUT2D eigenvalue weighted by Gasteiger charge is 2.44. The Kier molecular flexibility index (Phi) is 4.74. The van der Waals surface area contributed by atoms with E-state index in [0.717, 1.165) is 25.7 Å².